The maximum Gasteiger partial charge on any atom is 0.335 e. The summed E-state index contributed by atoms with van der Waals surface area (Å²) in [5.41, 5.74) is 2.47. The molecule has 0 aliphatic carbocycles. The third-order valence-electron chi connectivity index (χ3n) is 4.59. The van der Waals surface area contributed by atoms with E-state index < -0.39 is 17.1 Å². The van der Waals surface area contributed by atoms with Gasteiger partial charge >= 0.3 is 5.69 Å². The van der Waals surface area contributed by atoms with Crippen LogP contribution in [0.4, 0.5) is 5.69 Å². The largest absolute Gasteiger partial charge is 0.494 e. The van der Waals surface area contributed by atoms with Crippen molar-refractivity contribution in [3.05, 3.63) is 86.1 Å². The molecule has 0 radical (unpaired) electrons. The number of aromatic nitrogens is 2. The minimum Gasteiger partial charge on any atom is -0.494 e. The minimum atomic E-state index is -0.680. The van der Waals surface area contributed by atoms with E-state index in [4.69, 9.17) is 0 Å². The van der Waals surface area contributed by atoms with Crippen LogP contribution in [-0.4, -0.2) is 20.9 Å². The van der Waals surface area contributed by atoms with Crippen molar-refractivity contribution in [3.8, 4) is 11.6 Å². The normalized spacial score (nSPS) is 13.9. The van der Waals surface area contributed by atoms with Crippen LogP contribution in [0.3, 0.4) is 0 Å². The molecule has 2 aromatic carbocycles. The molecule has 2 heterocycles. The van der Waals surface area contributed by atoms with Crippen molar-refractivity contribution in [2.75, 3.05) is 0 Å². The quantitative estimate of drug-likeness (QED) is 0.753. The minimum absolute atomic E-state index is 0.0126. The molecule has 0 amide bonds. The van der Waals surface area contributed by atoms with Gasteiger partial charge in [-0.2, -0.15) is 0 Å². The smallest absolute Gasteiger partial charge is 0.335 e. The SMILES string of the molecule is CCc1ccccc1-n1c(O)c(/C=C2\C=Nc3ccccc32)c(=O)[nH]c1=O. The Morgan fingerprint density at radius 1 is 1.11 bits per heavy atom. The van der Waals surface area contributed by atoms with Crippen LogP contribution < -0.4 is 11.2 Å². The lowest BCUT2D eigenvalue weighted by molar-refractivity contribution is 0.429. The predicted octanol–water partition coefficient (Wildman–Crippen LogP) is 3.05. The first-order valence-corrected chi connectivity index (χ1v) is 8.62. The molecule has 1 aliphatic heterocycles. The van der Waals surface area contributed by atoms with Crippen LogP contribution >= 0.6 is 0 Å². The van der Waals surface area contributed by atoms with Crippen LogP contribution in [0.1, 0.15) is 23.6 Å². The topological polar surface area (TPSA) is 87.4 Å². The summed E-state index contributed by atoms with van der Waals surface area (Å²) in [6.07, 6.45) is 3.87. The second-order valence-corrected chi connectivity index (χ2v) is 6.19. The number of aromatic amines is 1. The molecule has 6 nitrogen and oxygen atoms in total. The summed E-state index contributed by atoms with van der Waals surface area (Å²) in [5, 5.41) is 10.8. The van der Waals surface area contributed by atoms with Gasteiger partial charge in [0.1, 0.15) is 5.56 Å². The van der Waals surface area contributed by atoms with Gasteiger partial charge in [-0.15, -0.1) is 0 Å². The molecule has 6 heteroatoms. The van der Waals surface area contributed by atoms with Crippen LogP contribution in [0, 0.1) is 0 Å². The number of rotatable bonds is 3. The molecule has 2 N–H and O–H groups in total. The van der Waals surface area contributed by atoms with Crippen molar-refractivity contribution in [2.24, 2.45) is 4.99 Å². The highest BCUT2D eigenvalue weighted by Crippen LogP contribution is 2.33. The van der Waals surface area contributed by atoms with Gasteiger partial charge in [-0.1, -0.05) is 43.3 Å². The summed E-state index contributed by atoms with van der Waals surface area (Å²) in [6, 6.07) is 14.8. The molecule has 1 aliphatic rings. The van der Waals surface area contributed by atoms with Crippen LogP contribution in [0.25, 0.3) is 17.3 Å². The number of hydrogen-bond donors (Lipinski definition) is 2. The number of hydrogen-bond acceptors (Lipinski definition) is 4. The van der Waals surface area contributed by atoms with Gasteiger partial charge in [0.25, 0.3) is 5.56 Å². The van der Waals surface area contributed by atoms with Gasteiger partial charge in [-0.05, 0) is 30.2 Å². The Morgan fingerprint density at radius 3 is 2.67 bits per heavy atom. The first kappa shape index (κ1) is 16.8. The van der Waals surface area contributed by atoms with Crippen molar-refractivity contribution < 1.29 is 5.11 Å². The fourth-order valence-electron chi connectivity index (χ4n) is 3.23. The Kier molecular flexibility index (Phi) is 4.08. The van der Waals surface area contributed by atoms with Gasteiger partial charge in [0, 0.05) is 17.4 Å². The second-order valence-electron chi connectivity index (χ2n) is 6.19. The van der Waals surface area contributed by atoms with Crippen LogP contribution in [0.5, 0.6) is 5.88 Å². The Hall–Kier alpha value is -3.67. The molecule has 27 heavy (non-hydrogen) atoms. The molecular weight excluding hydrogens is 342 g/mol. The molecule has 0 saturated carbocycles. The lowest BCUT2D eigenvalue weighted by Crippen LogP contribution is -2.31. The van der Waals surface area contributed by atoms with Crippen LogP contribution in [0.15, 0.2) is 63.1 Å². The highest BCUT2D eigenvalue weighted by molar-refractivity contribution is 6.21. The zero-order chi connectivity index (χ0) is 19.0. The van der Waals surface area contributed by atoms with Gasteiger partial charge < -0.3 is 5.11 Å². The summed E-state index contributed by atoms with van der Waals surface area (Å²) >= 11 is 0. The van der Waals surface area contributed by atoms with E-state index in [0.717, 1.165) is 21.4 Å². The number of H-pyrrole nitrogens is 1. The van der Waals surface area contributed by atoms with Crippen molar-refractivity contribution in [2.45, 2.75) is 13.3 Å². The van der Waals surface area contributed by atoms with Gasteiger partial charge in [-0.3, -0.25) is 14.8 Å². The van der Waals surface area contributed by atoms with E-state index >= 15 is 0 Å². The number of benzene rings is 2. The number of nitrogens with zero attached hydrogens (tertiary/aromatic N) is 2. The summed E-state index contributed by atoms with van der Waals surface area (Å²) in [6.45, 7) is 1.96. The molecule has 4 rings (SSSR count). The molecule has 0 unspecified atom stereocenters. The van der Waals surface area contributed by atoms with Gasteiger partial charge in [0.05, 0.1) is 11.4 Å². The lowest BCUT2D eigenvalue weighted by atomic mass is 10.0. The van der Waals surface area contributed by atoms with E-state index in [1.165, 1.54) is 0 Å². The van der Waals surface area contributed by atoms with E-state index in [-0.39, 0.29) is 5.56 Å². The van der Waals surface area contributed by atoms with Crippen molar-refractivity contribution in [3.63, 3.8) is 0 Å². The van der Waals surface area contributed by atoms with Crippen molar-refractivity contribution >= 4 is 23.6 Å². The van der Waals surface area contributed by atoms with Gasteiger partial charge in [0.2, 0.25) is 5.88 Å². The first-order chi connectivity index (χ1) is 13.1. The average Bonchev–Trinajstić information content (AvgIpc) is 3.08. The molecule has 0 spiro atoms. The number of para-hydroxylation sites is 2. The maximum absolute atomic E-state index is 12.4. The maximum atomic E-state index is 12.4. The lowest BCUT2D eigenvalue weighted by Gasteiger charge is -2.13. The summed E-state index contributed by atoms with van der Waals surface area (Å²) in [4.78, 5) is 31.4. The van der Waals surface area contributed by atoms with Crippen LogP contribution in [0.2, 0.25) is 0 Å². The molecular formula is C21H17N3O3. The molecule has 0 saturated heterocycles. The molecule has 0 fully saturated rings. The standard InChI is InChI=1S/C21H17N3O3/c1-2-13-7-3-6-10-18(13)24-20(26)16(19(25)23-21(24)27)11-14-12-22-17-9-5-4-8-15(14)17/h3-12,26H,2H2,1H3,(H,23,25,27)/b14-11+. The molecule has 0 atom stereocenters. The average molecular weight is 359 g/mol. The number of allylic oxidation sites excluding steroid dienone is 1. The highest BCUT2D eigenvalue weighted by Gasteiger charge is 2.18. The molecule has 134 valence electrons. The molecule has 1 aromatic heterocycles. The summed E-state index contributed by atoms with van der Waals surface area (Å²) in [7, 11) is 0. The fourth-order valence-corrected chi connectivity index (χ4v) is 3.23. The molecule has 3 aromatic rings. The van der Waals surface area contributed by atoms with E-state index in [1.54, 1.807) is 24.4 Å². The monoisotopic (exact) mass is 359 g/mol. The van der Waals surface area contributed by atoms with Gasteiger partial charge in [0.15, 0.2) is 0 Å². The number of aromatic hydroxyl groups is 1. The predicted molar refractivity (Wildman–Crippen MR) is 106 cm³/mol. The van der Waals surface area contributed by atoms with Gasteiger partial charge in [-0.25, -0.2) is 9.36 Å². The Morgan fingerprint density at radius 2 is 1.85 bits per heavy atom. The van der Waals surface area contributed by atoms with Crippen molar-refractivity contribution in [1.29, 1.82) is 0 Å². The van der Waals surface area contributed by atoms with Crippen LogP contribution in [-0.2, 0) is 6.42 Å². The Bertz CT molecular complexity index is 1220. The van der Waals surface area contributed by atoms with E-state index in [9.17, 15) is 14.7 Å². The summed E-state index contributed by atoms with van der Waals surface area (Å²) < 4.78 is 1.13. The Balaban J connectivity index is 1.95. The highest BCUT2D eigenvalue weighted by atomic mass is 16.3. The third kappa shape index (κ3) is 2.81. The fraction of sp³-hybridized carbons (Fsp3) is 0.0952. The zero-order valence-electron chi connectivity index (χ0n) is 14.6. The Labute approximate surface area is 154 Å². The number of nitrogens with one attached hydrogen (secondary N) is 1. The van der Waals surface area contributed by atoms with Crippen molar-refractivity contribution in [1.82, 2.24) is 9.55 Å². The number of fused-ring (bicyclic) bond motifs is 1. The molecule has 0 bridgehead atoms. The van der Waals surface area contributed by atoms with E-state index in [0.29, 0.717) is 17.7 Å². The van der Waals surface area contributed by atoms with E-state index in [2.05, 4.69) is 9.98 Å². The third-order valence-corrected chi connectivity index (χ3v) is 4.59. The second kappa shape index (κ2) is 6.57. The number of aliphatic imine (C=N–C) groups is 1. The zero-order valence-corrected chi connectivity index (χ0v) is 14.6. The number of aryl methyl sites for hydroxylation is 1. The summed E-state index contributed by atoms with van der Waals surface area (Å²) in [5.74, 6) is -0.394. The van der Waals surface area contributed by atoms with E-state index in [1.807, 2.05) is 43.3 Å². The first-order valence-electron chi connectivity index (χ1n) is 8.62.